The van der Waals surface area contributed by atoms with Crippen LogP contribution in [0.1, 0.15) is 43.0 Å². The van der Waals surface area contributed by atoms with Gasteiger partial charge in [-0.25, -0.2) is 4.68 Å². The van der Waals surface area contributed by atoms with Gasteiger partial charge in [0.15, 0.2) is 0 Å². The largest absolute Gasteiger partial charge is 0.415 e. The molecule has 33 heavy (non-hydrogen) atoms. The summed E-state index contributed by atoms with van der Waals surface area (Å²) in [5, 5.41) is 15.5. The molecule has 0 bridgehead atoms. The lowest BCUT2D eigenvalue weighted by Crippen LogP contribution is -2.35. The third-order valence-corrected chi connectivity index (χ3v) is 5.84. The number of alkyl halides is 2. The van der Waals surface area contributed by atoms with Gasteiger partial charge in [0, 0.05) is 30.9 Å². The van der Waals surface area contributed by atoms with Crippen molar-refractivity contribution >= 4 is 0 Å². The summed E-state index contributed by atoms with van der Waals surface area (Å²) in [6.45, 7) is 6.93. The molecule has 8 nitrogen and oxygen atoms in total. The van der Waals surface area contributed by atoms with E-state index < -0.39 is 12.3 Å². The number of fused-ring (bicyclic) bond motifs is 1. The van der Waals surface area contributed by atoms with E-state index in [0.717, 1.165) is 36.5 Å². The summed E-state index contributed by atoms with van der Waals surface area (Å²) in [6.07, 6.45) is 1.64. The summed E-state index contributed by atoms with van der Waals surface area (Å²) in [5.41, 5.74) is 5.81. The number of hydrogen-bond acceptors (Lipinski definition) is 7. The van der Waals surface area contributed by atoms with Crippen molar-refractivity contribution in [3.05, 3.63) is 65.4 Å². The van der Waals surface area contributed by atoms with E-state index in [4.69, 9.17) is 4.42 Å². The van der Waals surface area contributed by atoms with Crippen LogP contribution in [0, 0.1) is 0 Å². The summed E-state index contributed by atoms with van der Waals surface area (Å²) in [6, 6.07) is 10.5. The molecule has 1 aliphatic heterocycles. The summed E-state index contributed by atoms with van der Waals surface area (Å²) >= 11 is 0. The fraction of sp³-hybridized carbons (Fsp3) is 0.348. The molecule has 4 heterocycles. The van der Waals surface area contributed by atoms with Gasteiger partial charge in [0.1, 0.15) is 5.69 Å². The quantitative estimate of drug-likeness (QED) is 0.435. The van der Waals surface area contributed by atoms with Crippen molar-refractivity contribution in [2.75, 3.05) is 6.54 Å². The zero-order valence-corrected chi connectivity index (χ0v) is 18.3. The topological polar surface area (TPSA) is 85.8 Å². The smallest absolute Gasteiger partial charge is 0.314 e. The normalized spacial score (nSPS) is 14.2. The lowest BCUT2D eigenvalue weighted by atomic mass is 9.96. The van der Waals surface area contributed by atoms with E-state index in [1.165, 1.54) is 17.3 Å². The van der Waals surface area contributed by atoms with Crippen molar-refractivity contribution in [1.29, 1.82) is 0 Å². The SMILES string of the molecule is CC(C)N1CCc2cc(-c3cn(Cc4ccc(-c5nnc(C(F)F)o5)cn4)nn3)ccc2C1. The van der Waals surface area contributed by atoms with E-state index >= 15 is 0 Å². The second-order valence-electron chi connectivity index (χ2n) is 8.38. The van der Waals surface area contributed by atoms with Gasteiger partial charge in [0.2, 0.25) is 5.89 Å². The highest BCUT2D eigenvalue weighted by Gasteiger charge is 2.19. The van der Waals surface area contributed by atoms with Gasteiger partial charge in [-0.3, -0.25) is 9.88 Å². The maximum absolute atomic E-state index is 12.6. The van der Waals surface area contributed by atoms with E-state index in [9.17, 15) is 8.78 Å². The van der Waals surface area contributed by atoms with Gasteiger partial charge in [-0.15, -0.1) is 15.3 Å². The minimum atomic E-state index is -2.80. The first-order valence-electron chi connectivity index (χ1n) is 10.8. The minimum absolute atomic E-state index is 0.0105. The van der Waals surface area contributed by atoms with Gasteiger partial charge in [-0.2, -0.15) is 8.78 Å². The Morgan fingerprint density at radius 2 is 1.88 bits per heavy atom. The summed E-state index contributed by atoms with van der Waals surface area (Å²) < 4.78 is 31.9. The Hall–Kier alpha value is -3.53. The van der Waals surface area contributed by atoms with E-state index in [0.29, 0.717) is 18.2 Å². The van der Waals surface area contributed by atoms with Crippen molar-refractivity contribution in [1.82, 2.24) is 35.1 Å². The number of rotatable bonds is 6. The molecule has 0 saturated carbocycles. The Labute approximate surface area is 189 Å². The first kappa shape index (κ1) is 21.3. The van der Waals surface area contributed by atoms with Gasteiger partial charge in [-0.1, -0.05) is 17.3 Å². The first-order valence-corrected chi connectivity index (χ1v) is 10.8. The Kier molecular flexibility index (Phi) is 5.67. The highest BCUT2D eigenvalue weighted by atomic mass is 19.3. The molecular formula is C23H23F2N7O. The van der Waals surface area contributed by atoms with Crippen molar-refractivity contribution in [3.8, 4) is 22.7 Å². The molecule has 1 aliphatic rings. The van der Waals surface area contributed by atoms with Gasteiger partial charge in [-0.05, 0) is 49.6 Å². The zero-order valence-electron chi connectivity index (χ0n) is 18.3. The first-order chi connectivity index (χ1) is 16.0. The molecule has 0 N–H and O–H groups in total. The summed E-state index contributed by atoms with van der Waals surface area (Å²) in [7, 11) is 0. The minimum Gasteiger partial charge on any atom is -0.415 e. The standard InChI is InChI=1S/C23H23F2N7O/c1-14(2)31-8-7-15-9-16(3-4-18(15)11-31)20-13-32(30-27-20)12-19-6-5-17(10-26-19)22-28-29-23(33-22)21(24)25/h3-6,9-10,13-14,21H,7-8,11-12H2,1-2H3. The molecule has 0 spiro atoms. The van der Waals surface area contributed by atoms with Crippen LogP contribution in [0.15, 0.2) is 47.1 Å². The van der Waals surface area contributed by atoms with Crippen LogP contribution >= 0.6 is 0 Å². The van der Waals surface area contributed by atoms with Crippen LogP contribution in [0.3, 0.4) is 0 Å². The van der Waals surface area contributed by atoms with Crippen LogP contribution in [0.2, 0.25) is 0 Å². The predicted octanol–water partition coefficient (Wildman–Crippen LogP) is 4.14. The van der Waals surface area contributed by atoms with Crippen LogP contribution in [-0.2, 0) is 19.5 Å². The number of aromatic nitrogens is 6. The van der Waals surface area contributed by atoms with Gasteiger partial charge in [0.25, 0.3) is 5.89 Å². The molecule has 0 unspecified atom stereocenters. The Morgan fingerprint density at radius 3 is 2.61 bits per heavy atom. The maximum atomic E-state index is 12.6. The molecule has 5 rings (SSSR count). The van der Waals surface area contributed by atoms with E-state index in [-0.39, 0.29) is 5.89 Å². The fourth-order valence-corrected chi connectivity index (χ4v) is 3.93. The number of nitrogens with zero attached hydrogens (tertiary/aromatic N) is 7. The van der Waals surface area contributed by atoms with Crippen LogP contribution in [0.4, 0.5) is 8.78 Å². The third-order valence-electron chi connectivity index (χ3n) is 5.84. The molecule has 10 heteroatoms. The van der Waals surface area contributed by atoms with Crippen LogP contribution in [0.25, 0.3) is 22.7 Å². The van der Waals surface area contributed by atoms with Gasteiger partial charge >= 0.3 is 6.43 Å². The molecule has 1 aromatic carbocycles. The number of pyridine rings is 1. The monoisotopic (exact) mass is 451 g/mol. The Bertz CT molecular complexity index is 1250. The Balaban J connectivity index is 1.27. The average Bonchev–Trinajstić information content (AvgIpc) is 3.49. The second-order valence-corrected chi connectivity index (χ2v) is 8.38. The van der Waals surface area contributed by atoms with Crippen molar-refractivity contribution in [3.63, 3.8) is 0 Å². The van der Waals surface area contributed by atoms with Crippen LogP contribution in [-0.4, -0.2) is 47.7 Å². The van der Waals surface area contributed by atoms with E-state index in [1.807, 2.05) is 6.20 Å². The second kappa shape index (κ2) is 8.78. The maximum Gasteiger partial charge on any atom is 0.314 e. The Morgan fingerprint density at radius 1 is 1.03 bits per heavy atom. The number of halogens is 2. The highest BCUT2D eigenvalue weighted by molar-refractivity contribution is 5.60. The predicted molar refractivity (Wildman–Crippen MR) is 116 cm³/mol. The van der Waals surface area contributed by atoms with Crippen molar-refractivity contribution in [2.45, 2.75) is 45.8 Å². The number of hydrogen-bond donors (Lipinski definition) is 0. The van der Waals surface area contributed by atoms with E-state index in [1.54, 1.807) is 16.8 Å². The van der Waals surface area contributed by atoms with Crippen molar-refractivity contribution in [2.24, 2.45) is 0 Å². The fourth-order valence-electron chi connectivity index (χ4n) is 3.93. The molecule has 0 radical (unpaired) electrons. The molecule has 0 aliphatic carbocycles. The van der Waals surface area contributed by atoms with Crippen LogP contribution < -0.4 is 0 Å². The molecule has 3 aromatic heterocycles. The highest BCUT2D eigenvalue weighted by Crippen LogP contribution is 2.26. The van der Waals surface area contributed by atoms with Crippen molar-refractivity contribution < 1.29 is 13.2 Å². The van der Waals surface area contributed by atoms with E-state index in [2.05, 4.69) is 62.4 Å². The zero-order chi connectivity index (χ0) is 22.9. The third kappa shape index (κ3) is 4.51. The average molecular weight is 451 g/mol. The van der Waals surface area contributed by atoms with Gasteiger partial charge < -0.3 is 4.42 Å². The summed E-state index contributed by atoms with van der Waals surface area (Å²) in [4.78, 5) is 6.84. The number of benzene rings is 1. The summed E-state index contributed by atoms with van der Waals surface area (Å²) in [5.74, 6) is -0.694. The molecule has 170 valence electrons. The lowest BCUT2D eigenvalue weighted by Gasteiger charge is -2.32. The molecular weight excluding hydrogens is 428 g/mol. The lowest BCUT2D eigenvalue weighted by molar-refractivity contribution is 0.116. The molecule has 0 amide bonds. The molecule has 0 saturated heterocycles. The van der Waals surface area contributed by atoms with Gasteiger partial charge in [0.05, 0.1) is 24.0 Å². The molecule has 0 fully saturated rings. The molecule has 4 aromatic rings. The van der Waals surface area contributed by atoms with Crippen LogP contribution in [0.5, 0.6) is 0 Å². The molecule has 0 atom stereocenters.